The third kappa shape index (κ3) is 0.611. The van der Waals surface area contributed by atoms with Gasteiger partial charge in [0, 0.05) is 12.1 Å². The first-order valence-electron chi connectivity index (χ1n) is 2.96. The van der Waals surface area contributed by atoms with E-state index in [0.717, 1.165) is 0 Å². The van der Waals surface area contributed by atoms with E-state index >= 15 is 0 Å². The molecule has 48 valence electrons. The molecule has 3 heteroatoms. The van der Waals surface area contributed by atoms with Crippen molar-refractivity contribution in [2.45, 2.75) is 11.8 Å². The van der Waals surface area contributed by atoms with Gasteiger partial charge in [-0.2, -0.15) is 5.10 Å². The number of fused-ring (bicyclic) bond motifs is 1. The van der Waals surface area contributed by atoms with E-state index in [1.807, 2.05) is 6.21 Å². The molecule has 9 heavy (non-hydrogen) atoms. The van der Waals surface area contributed by atoms with Crippen LogP contribution in [0.1, 0.15) is 6.92 Å². The second-order valence-electron chi connectivity index (χ2n) is 2.47. The van der Waals surface area contributed by atoms with Crippen LogP contribution < -0.4 is 5.43 Å². The minimum atomic E-state index is 0.139. The Morgan fingerprint density at radius 1 is 1.78 bits per heavy atom. The number of hydrogen-bond donors (Lipinski definition) is 1. The van der Waals surface area contributed by atoms with Crippen LogP contribution >= 0.6 is 11.8 Å². The summed E-state index contributed by atoms with van der Waals surface area (Å²) in [7, 11) is 0. The summed E-state index contributed by atoms with van der Waals surface area (Å²) in [6.45, 7) is 2.16. The molecule has 2 unspecified atom stereocenters. The maximum atomic E-state index is 3.99. The zero-order chi connectivity index (χ0) is 6.32. The minimum Gasteiger partial charge on any atom is -0.293 e. The van der Waals surface area contributed by atoms with Gasteiger partial charge in [0.05, 0.1) is 0 Å². The highest BCUT2D eigenvalue weighted by molar-refractivity contribution is 8.03. The zero-order valence-corrected chi connectivity index (χ0v) is 5.98. The van der Waals surface area contributed by atoms with Crippen LogP contribution in [-0.4, -0.2) is 11.1 Å². The third-order valence-electron chi connectivity index (χ3n) is 1.76. The Labute approximate surface area is 58.4 Å². The zero-order valence-electron chi connectivity index (χ0n) is 5.16. The molecule has 2 aliphatic heterocycles. The molecule has 0 aromatic rings. The molecule has 0 aliphatic carbocycles. The second-order valence-corrected chi connectivity index (χ2v) is 3.83. The van der Waals surface area contributed by atoms with Gasteiger partial charge in [-0.05, 0) is 12.3 Å². The molecule has 0 aromatic heterocycles. The van der Waals surface area contributed by atoms with Crippen LogP contribution in [-0.2, 0) is 0 Å². The molecule has 2 atom stereocenters. The number of hydrogen-bond acceptors (Lipinski definition) is 3. The van der Waals surface area contributed by atoms with Crippen molar-refractivity contribution < 1.29 is 0 Å². The predicted octanol–water partition coefficient (Wildman–Crippen LogP) is 1.17. The fourth-order valence-electron chi connectivity index (χ4n) is 1.07. The van der Waals surface area contributed by atoms with Crippen molar-refractivity contribution in [2.75, 3.05) is 0 Å². The van der Waals surface area contributed by atoms with Crippen molar-refractivity contribution in [3.63, 3.8) is 0 Å². The van der Waals surface area contributed by atoms with Gasteiger partial charge in [0.15, 0.2) is 0 Å². The van der Waals surface area contributed by atoms with Crippen LogP contribution in [0.15, 0.2) is 16.6 Å². The summed E-state index contributed by atoms with van der Waals surface area (Å²) in [6.07, 6.45) is 4.13. The Hall–Kier alpha value is -0.440. The van der Waals surface area contributed by atoms with E-state index in [1.165, 1.54) is 0 Å². The molecule has 2 heterocycles. The summed E-state index contributed by atoms with van der Waals surface area (Å²) < 4.78 is 0. The molecule has 0 saturated heterocycles. The van der Waals surface area contributed by atoms with E-state index in [9.17, 15) is 0 Å². The largest absolute Gasteiger partial charge is 0.293 e. The third-order valence-corrected chi connectivity index (χ3v) is 2.90. The van der Waals surface area contributed by atoms with Crippen molar-refractivity contribution >= 4 is 18.0 Å². The molecule has 0 fully saturated rings. The van der Waals surface area contributed by atoms with Gasteiger partial charge in [-0.1, -0.05) is 6.08 Å². The van der Waals surface area contributed by atoms with Crippen LogP contribution in [0.2, 0.25) is 0 Å². The molecule has 2 nitrogen and oxygen atoms in total. The summed E-state index contributed by atoms with van der Waals surface area (Å²) in [6, 6.07) is 0. The summed E-state index contributed by atoms with van der Waals surface area (Å²) >= 11 is 1.80. The Morgan fingerprint density at radius 2 is 2.67 bits per heavy atom. The van der Waals surface area contributed by atoms with Crippen molar-refractivity contribution in [3.05, 3.63) is 11.5 Å². The summed E-state index contributed by atoms with van der Waals surface area (Å²) in [5.74, 6) is 0.502. The van der Waals surface area contributed by atoms with Crippen molar-refractivity contribution in [3.8, 4) is 0 Å². The molecule has 1 N–H and O–H groups in total. The Bertz CT molecular complexity index is 169. The monoisotopic (exact) mass is 140 g/mol. The molecule has 0 bridgehead atoms. The van der Waals surface area contributed by atoms with Gasteiger partial charge in [-0.25, -0.2) is 0 Å². The summed E-state index contributed by atoms with van der Waals surface area (Å²) in [4.78, 5) is 0.139. The molecule has 0 spiro atoms. The van der Waals surface area contributed by atoms with Gasteiger partial charge >= 0.3 is 0 Å². The first kappa shape index (κ1) is 5.35. The van der Waals surface area contributed by atoms with Crippen molar-refractivity contribution in [1.29, 1.82) is 0 Å². The lowest BCUT2D eigenvalue weighted by molar-refractivity contribution is 0.528. The van der Waals surface area contributed by atoms with E-state index in [1.54, 1.807) is 11.8 Å². The molecule has 0 aromatic carbocycles. The van der Waals surface area contributed by atoms with Gasteiger partial charge in [0.25, 0.3) is 0 Å². The summed E-state index contributed by atoms with van der Waals surface area (Å²) in [5.41, 5.74) is 3.06. The maximum Gasteiger partial charge on any atom is 0.112 e. The fraction of sp³-hybridized carbons (Fsp3) is 0.500. The van der Waals surface area contributed by atoms with Crippen molar-refractivity contribution in [1.82, 2.24) is 5.43 Å². The second kappa shape index (κ2) is 1.53. The van der Waals surface area contributed by atoms with E-state index in [-0.39, 0.29) is 4.87 Å². The van der Waals surface area contributed by atoms with E-state index < -0.39 is 0 Å². The minimum absolute atomic E-state index is 0.139. The Balaban J connectivity index is 2.31. The first-order chi connectivity index (χ1) is 4.31. The standard InChI is InChI=1S/C6H8N2S/c1-6-5(2-3-9-6)4-7-8-6/h2-5,8H,1H3. The van der Waals surface area contributed by atoms with Gasteiger partial charge < -0.3 is 0 Å². The number of hydrazone groups is 1. The Kier molecular flexibility index (Phi) is 0.913. The highest BCUT2D eigenvalue weighted by atomic mass is 32.2. The van der Waals surface area contributed by atoms with Crippen LogP contribution in [0.25, 0.3) is 0 Å². The molecule has 0 saturated carbocycles. The molecular weight excluding hydrogens is 132 g/mol. The van der Waals surface area contributed by atoms with Gasteiger partial charge in [0.2, 0.25) is 0 Å². The lowest BCUT2D eigenvalue weighted by atomic mass is 10.1. The molecule has 2 rings (SSSR count). The predicted molar refractivity (Wildman–Crippen MR) is 40.3 cm³/mol. The lowest BCUT2D eigenvalue weighted by Crippen LogP contribution is -2.34. The van der Waals surface area contributed by atoms with Crippen LogP contribution in [0, 0.1) is 5.92 Å². The van der Waals surface area contributed by atoms with Crippen LogP contribution in [0.5, 0.6) is 0 Å². The van der Waals surface area contributed by atoms with Gasteiger partial charge in [-0.15, -0.1) is 11.8 Å². The quantitative estimate of drug-likeness (QED) is 0.546. The van der Waals surface area contributed by atoms with Crippen LogP contribution in [0.3, 0.4) is 0 Å². The number of thioether (sulfide) groups is 1. The van der Waals surface area contributed by atoms with Gasteiger partial charge in [-0.3, -0.25) is 5.43 Å². The molecule has 2 aliphatic rings. The maximum absolute atomic E-state index is 3.99. The first-order valence-corrected chi connectivity index (χ1v) is 3.84. The number of nitrogens with zero attached hydrogens (tertiary/aromatic N) is 1. The van der Waals surface area contributed by atoms with Gasteiger partial charge in [0.1, 0.15) is 4.87 Å². The number of rotatable bonds is 0. The van der Waals surface area contributed by atoms with E-state index in [0.29, 0.717) is 5.92 Å². The highest BCUT2D eigenvalue weighted by Gasteiger charge is 2.38. The summed E-state index contributed by atoms with van der Waals surface area (Å²) in [5, 5.41) is 6.12. The fourth-order valence-corrected chi connectivity index (χ4v) is 2.00. The smallest absolute Gasteiger partial charge is 0.112 e. The number of nitrogens with one attached hydrogen (secondary N) is 1. The average Bonchev–Trinajstić information content (AvgIpc) is 2.22. The molecule has 0 amide bonds. The van der Waals surface area contributed by atoms with E-state index in [4.69, 9.17) is 0 Å². The molecular formula is C6H8N2S. The SMILES string of the molecule is CC12NN=CC1C=CS2. The molecule has 0 radical (unpaired) electrons. The highest BCUT2D eigenvalue weighted by Crippen LogP contribution is 2.39. The average molecular weight is 140 g/mol. The topological polar surface area (TPSA) is 24.4 Å². The Morgan fingerprint density at radius 3 is 3.44 bits per heavy atom. The van der Waals surface area contributed by atoms with E-state index in [2.05, 4.69) is 28.9 Å². The van der Waals surface area contributed by atoms with Crippen LogP contribution in [0.4, 0.5) is 0 Å². The van der Waals surface area contributed by atoms with Crippen molar-refractivity contribution in [2.24, 2.45) is 11.0 Å². The normalized spacial score (nSPS) is 45.2. The lowest BCUT2D eigenvalue weighted by Gasteiger charge is -2.20.